The Labute approximate surface area is 114 Å². The van der Waals surface area contributed by atoms with Gasteiger partial charge in [-0.2, -0.15) is 0 Å². The van der Waals surface area contributed by atoms with Gasteiger partial charge in [-0.05, 0) is 19.1 Å². The highest BCUT2D eigenvalue weighted by Gasteiger charge is 2.11. The predicted molar refractivity (Wildman–Crippen MR) is 76.0 cm³/mol. The molecule has 0 saturated carbocycles. The lowest BCUT2D eigenvalue weighted by molar-refractivity contribution is 0.101. The minimum Gasteiger partial charge on any atom is -0.369 e. The number of halogens is 2. The van der Waals surface area contributed by atoms with Gasteiger partial charge >= 0.3 is 0 Å². The number of nitrogens with one attached hydrogen (secondary N) is 1. The second-order valence-electron chi connectivity index (χ2n) is 3.84. The predicted octanol–water partition coefficient (Wildman–Crippen LogP) is 2.14. The van der Waals surface area contributed by atoms with Gasteiger partial charge in [-0.1, -0.05) is 12.1 Å². The van der Waals surface area contributed by atoms with Crippen LogP contribution in [0.5, 0.6) is 0 Å². The van der Waals surface area contributed by atoms with Gasteiger partial charge in [0.05, 0.1) is 0 Å². The van der Waals surface area contributed by atoms with Crippen LogP contribution in [-0.4, -0.2) is 32.0 Å². The number of Topliss-reactive ketones (excluding diaryl/α,β-unsaturated/α-hetero) is 1. The summed E-state index contributed by atoms with van der Waals surface area (Å²) in [7, 11) is 0. The normalized spacial score (nSPS) is 14.5. The molecular weight excluding hydrogens is 259 g/mol. The van der Waals surface area contributed by atoms with Crippen LogP contribution in [0.25, 0.3) is 0 Å². The smallest absolute Gasteiger partial charge is 0.159 e. The van der Waals surface area contributed by atoms with E-state index in [0.717, 1.165) is 37.4 Å². The van der Waals surface area contributed by atoms with E-state index in [1.807, 2.05) is 18.2 Å². The quantitative estimate of drug-likeness (QED) is 0.841. The molecule has 1 heterocycles. The Morgan fingerprint density at radius 1 is 1.24 bits per heavy atom. The molecule has 0 atom stereocenters. The third-order valence-corrected chi connectivity index (χ3v) is 2.73. The Hall–Kier alpha value is -0.770. The number of carbonyl (C=O) groups is 1. The van der Waals surface area contributed by atoms with E-state index < -0.39 is 0 Å². The summed E-state index contributed by atoms with van der Waals surface area (Å²) in [6, 6.07) is 7.87. The van der Waals surface area contributed by atoms with Crippen LogP contribution in [0.1, 0.15) is 17.3 Å². The molecule has 0 unspecified atom stereocenters. The Kier molecular flexibility index (Phi) is 7.19. The molecule has 96 valence electrons. The third kappa shape index (κ3) is 4.19. The number of anilines is 1. The first kappa shape index (κ1) is 16.2. The Morgan fingerprint density at radius 3 is 2.47 bits per heavy atom. The molecule has 1 saturated heterocycles. The average Bonchev–Trinajstić information content (AvgIpc) is 2.30. The zero-order valence-corrected chi connectivity index (χ0v) is 11.4. The molecule has 1 fully saturated rings. The molecule has 2 rings (SSSR count). The fourth-order valence-corrected chi connectivity index (χ4v) is 1.84. The molecule has 1 aliphatic heterocycles. The monoisotopic (exact) mass is 276 g/mol. The lowest BCUT2D eigenvalue weighted by Gasteiger charge is -2.29. The third-order valence-electron chi connectivity index (χ3n) is 2.73. The van der Waals surface area contributed by atoms with Crippen molar-refractivity contribution >= 4 is 36.3 Å². The molecule has 0 bridgehead atoms. The number of benzene rings is 1. The minimum absolute atomic E-state index is 0. The van der Waals surface area contributed by atoms with Gasteiger partial charge in [-0.15, -0.1) is 24.8 Å². The van der Waals surface area contributed by atoms with Crippen LogP contribution >= 0.6 is 24.8 Å². The van der Waals surface area contributed by atoms with E-state index in [-0.39, 0.29) is 30.6 Å². The second kappa shape index (κ2) is 7.54. The molecule has 1 aromatic carbocycles. The topological polar surface area (TPSA) is 32.3 Å². The molecule has 0 aliphatic carbocycles. The van der Waals surface area contributed by atoms with Gasteiger partial charge in [0.1, 0.15) is 0 Å². The molecule has 1 aromatic rings. The summed E-state index contributed by atoms with van der Waals surface area (Å²) >= 11 is 0. The van der Waals surface area contributed by atoms with Crippen molar-refractivity contribution < 1.29 is 4.79 Å². The van der Waals surface area contributed by atoms with Crippen molar-refractivity contribution in [1.29, 1.82) is 0 Å². The first-order chi connectivity index (χ1) is 7.27. The van der Waals surface area contributed by atoms with Gasteiger partial charge in [0.25, 0.3) is 0 Å². The summed E-state index contributed by atoms with van der Waals surface area (Å²) in [5.74, 6) is 0.131. The summed E-state index contributed by atoms with van der Waals surface area (Å²) in [6.45, 7) is 5.67. The average molecular weight is 277 g/mol. The van der Waals surface area contributed by atoms with Crippen LogP contribution < -0.4 is 10.2 Å². The zero-order chi connectivity index (χ0) is 10.7. The largest absolute Gasteiger partial charge is 0.369 e. The van der Waals surface area contributed by atoms with E-state index in [2.05, 4.69) is 16.3 Å². The van der Waals surface area contributed by atoms with E-state index in [0.29, 0.717) is 0 Å². The van der Waals surface area contributed by atoms with Gasteiger partial charge in [0.2, 0.25) is 0 Å². The number of nitrogens with zero attached hydrogens (tertiary/aromatic N) is 1. The fraction of sp³-hybridized carbons (Fsp3) is 0.417. The maximum atomic E-state index is 11.2. The second-order valence-corrected chi connectivity index (χ2v) is 3.84. The SMILES string of the molecule is CC(=O)c1cccc(N2CCNCC2)c1.Cl.Cl. The Bertz CT molecular complexity index is 365. The molecule has 1 N–H and O–H groups in total. The highest BCUT2D eigenvalue weighted by Crippen LogP contribution is 2.16. The molecule has 5 heteroatoms. The molecule has 1 aliphatic rings. The lowest BCUT2D eigenvalue weighted by Crippen LogP contribution is -2.43. The molecule has 0 amide bonds. The van der Waals surface area contributed by atoms with Gasteiger partial charge < -0.3 is 10.2 Å². The van der Waals surface area contributed by atoms with Crippen molar-refractivity contribution in [2.45, 2.75) is 6.92 Å². The van der Waals surface area contributed by atoms with Crippen molar-refractivity contribution in [3.8, 4) is 0 Å². The number of rotatable bonds is 2. The maximum absolute atomic E-state index is 11.2. The van der Waals surface area contributed by atoms with E-state index in [1.165, 1.54) is 0 Å². The van der Waals surface area contributed by atoms with Crippen LogP contribution in [0.15, 0.2) is 24.3 Å². The van der Waals surface area contributed by atoms with E-state index in [9.17, 15) is 4.79 Å². The van der Waals surface area contributed by atoms with Gasteiger partial charge in [-0.3, -0.25) is 4.79 Å². The molecule has 0 radical (unpaired) electrons. The first-order valence-electron chi connectivity index (χ1n) is 5.34. The Morgan fingerprint density at radius 2 is 1.88 bits per heavy atom. The highest BCUT2D eigenvalue weighted by molar-refractivity contribution is 5.95. The van der Waals surface area contributed by atoms with Crippen LogP contribution in [0, 0.1) is 0 Å². The van der Waals surface area contributed by atoms with E-state index in [4.69, 9.17) is 0 Å². The van der Waals surface area contributed by atoms with Crippen molar-refractivity contribution in [2.24, 2.45) is 0 Å². The van der Waals surface area contributed by atoms with Crippen molar-refractivity contribution in [2.75, 3.05) is 31.1 Å². The van der Waals surface area contributed by atoms with Gasteiger partial charge in [0, 0.05) is 37.4 Å². The summed E-state index contributed by atoms with van der Waals surface area (Å²) in [6.07, 6.45) is 0. The zero-order valence-electron chi connectivity index (χ0n) is 9.81. The van der Waals surface area contributed by atoms with Crippen molar-refractivity contribution in [3.05, 3.63) is 29.8 Å². The first-order valence-corrected chi connectivity index (χ1v) is 5.34. The van der Waals surface area contributed by atoms with Crippen LogP contribution in [0.2, 0.25) is 0 Å². The Balaban J connectivity index is 0.00000128. The fourth-order valence-electron chi connectivity index (χ4n) is 1.84. The van der Waals surface area contributed by atoms with Crippen LogP contribution in [0.3, 0.4) is 0 Å². The van der Waals surface area contributed by atoms with Crippen molar-refractivity contribution in [3.63, 3.8) is 0 Å². The van der Waals surface area contributed by atoms with Gasteiger partial charge in [-0.25, -0.2) is 0 Å². The molecular formula is C12H18Cl2N2O. The molecule has 3 nitrogen and oxygen atoms in total. The number of hydrogen-bond donors (Lipinski definition) is 1. The minimum atomic E-state index is 0. The number of carbonyl (C=O) groups excluding carboxylic acids is 1. The maximum Gasteiger partial charge on any atom is 0.159 e. The number of piperazine rings is 1. The summed E-state index contributed by atoms with van der Waals surface area (Å²) in [4.78, 5) is 13.6. The van der Waals surface area contributed by atoms with Crippen LogP contribution in [-0.2, 0) is 0 Å². The molecule has 17 heavy (non-hydrogen) atoms. The van der Waals surface area contributed by atoms with Crippen LogP contribution in [0.4, 0.5) is 5.69 Å². The van der Waals surface area contributed by atoms with E-state index in [1.54, 1.807) is 6.92 Å². The lowest BCUT2D eigenvalue weighted by atomic mass is 10.1. The highest BCUT2D eigenvalue weighted by atomic mass is 35.5. The summed E-state index contributed by atoms with van der Waals surface area (Å²) in [5, 5.41) is 3.31. The molecule has 0 spiro atoms. The summed E-state index contributed by atoms with van der Waals surface area (Å²) in [5.41, 5.74) is 1.95. The number of ketones is 1. The van der Waals surface area contributed by atoms with Gasteiger partial charge in [0.15, 0.2) is 5.78 Å². The number of hydrogen-bond acceptors (Lipinski definition) is 3. The van der Waals surface area contributed by atoms with E-state index >= 15 is 0 Å². The summed E-state index contributed by atoms with van der Waals surface area (Å²) < 4.78 is 0. The van der Waals surface area contributed by atoms with Crippen molar-refractivity contribution in [1.82, 2.24) is 5.32 Å². The standard InChI is InChI=1S/C12H16N2O.2ClH/c1-10(15)11-3-2-4-12(9-11)14-7-5-13-6-8-14;;/h2-4,9,13H,5-8H2,1H3;2*1H. The molecule has 0 aromatic heterocycles.